The van der Waals surface area contributed by atoms with Crippen LogP contribution in [0, 0.1) is 0 Å². The van der Waals surface area contributed by atoms with Gasteiger partial charge in [-0.25, -0.2) is 4.98 Å². The number of aromatic amines is 1. The smallest absolute Gasteiger partial charge is 0.180 e. The van der Waals surface area contributed by atoms with Crippen LogP contribution in [0.3, 0.4) is 0 Å². The number of carbonyl (C=O) groups excluding carboxylic acids is 1. The zero-order valence-corrected chi connectivity index (χ0v) is 14.2. The summed E-state index contributed by atoms with van der Waals surface area (Å²) in [5.74, 6) is 0.0808. The lowest BCUT2D eigenvalue weighted by Crippen LogP contribution is -2.10. The van der Waals surface area contributed by atoms with Gasteiger partial charge in [-0.15, -0.1) is 0 Å². The van der Waals surface area contributed by atoms with Gasteiger partial charge in [-0.2, -0.15) is 0 Å². The monoisotopic (exact) mass is 344 g/mol. The van der Waals surface area contributed by atoms with E-state index in [1.165, 1.54) is 11.8 Å². The van der Waals surface area contributed by atoms with Crippen molar-refractivity contribution in [2.75, 3.05) is 0 Å². The first-order chi connectivity index (χ1) is 12.3. The summed E-state index contributed by atoms with van der Waals surface area (Å²) in [6, 6.07) is 27.1. The molecule has 3 nitrogen and oxygen atoms in total. The third-order valence-electron chi connectivity index (χ3n) is 4.00. The first kappa shape index (κ1) is 15.7. The van der Waals surface area contributed by atoms with Gasteiger partial charge in [-0.1, -0.05) is 84.6 Å². The summed E-state index contributed by atoms with van der Waals surface area (Å²) in [6.07, 6.45) is 0. The van der Waals surface area contributed by atoms with Crippen LogP contribution in [0.5, 0.6) is 0 Å². The molecule has 0 aliphatic heterocycles. The number of carbonyl (C=O) groups is 1. The number of para-hydroxylation sites is 2. The van der Waals surface area contributed by atoms with Crippen LogP contribution in [-0.2, 0) is 0 Å². The van der Waals surface area contributed by atoms with Crippen LogP contribution in [0.4, 0.5) is 0 Å². The van der Waals surface area contributed by atoms with Crippen molar-refractivity contribution >= 4 is 28.6 Å². The van der Waals surface area contributed by atoms with E-state index in [9.17, 15) is 4.79 Å². The van der Waals surface area contributed by atoms with Gasteiger partial charge in [0.25, 0.3) is 0 Å². The first-order valence-electron chi connectivity index (χ1n) is 8.07. The molecule has 0 saturated carbocycles. The SMILES string of the molecule is O=C(c1ccccc1)[C@H](Sc1nc2ccccc2[nH]1)c1ccccc1. The minimum atomic E-state index is -0.343. The minimum absolute atomic E-state index is 0.0808. The fraction of sp³-hybridized carbons (Fsp3) is 0.0476. The Kier molecular flexibility index (Phi) is 4.36. The van der Waals surface area contributed by atoms with Crippen LogP contribution in [0.1, 0.15) is 21.2 Å². The van der Waals surface area contributed by atoms with E-state index in [1.54, 1.807) is 0 Å². The maximum atomic E-state index is 13.1. The van der Waals surface area contributed by atoms with E-state index in [0.717, 1.165) is 21.8 Å². The summed E-state index contributed by atoms with van der Waals surface area (Å²) < 4.78 is 0. The van der Waals surface area contributed by atoms with Gasteiger partial charge in [0.1, 0.15) is 5.25 Å². The highest BCUT2D eigenvalue weighted by Crippen LogP contribution is 2.37. The van der Waals surface area contributed by atoms with Crippen molar-refractivity contribution in [2.24, 2.45) is 0 Å². The molecular weight excluding hydrogens is 328 g/mol. The molecule has 3 aromatic carbocycles. The number of aromatic nitrogens is 2. The number of benzene rings is 3. The zero-order valence-electron chi connectivity index (χ0n) is 13.4. The molecule has 0 spiro atoms. The summed E-state index contributed by atoms with van der Waals surface area (Å²) in [6.45, 7) is 0. The molecule has 1 heterocycles. The number of nitrogens with one attached hydrogen (secondary N) is 1. The topological polar surface area (TPSA) is 45.8 Å². The Labute approximate surface area is 150 Å². The molecule has 122 valence electrons. The van der Waals surface area contributed by atoms with E-state index in [4.69, 9.17) is 0 Å². The molecule has 0 amide bonds. The lowest BCUT2D eigenvalue weighted by atomic mass is 10.0. The second-order valence-electron chi connectivity index (χ2n) is 5.70. The molecular formula is C21H16N2OS. The normalized spacial score (nSPS) is 12.2. The van der Waals surface area contributed by atoms with Gasteiger partial charge in [0.05, 0.1) is 11.0 Å². The third-order valence-corrected chi connectivity index (χ3v) is 5.13. The number of thioether (sulfide) groups is 1. The van der Waals surface area contributed by atoms with E-state index < -0.39 is 0 Å². The molecule has 0 bridgehead atoms. The Morgan fingerprint density at radius 1 is 0.840 bits per heavy atom. The van der Waals surface area contributed by atoms with Gasteiger partial charge < -0.3 is 4.98 Å². The first-order valence-corrected chi connectivity index (χ1v) is 8.95. The molecule has 25 heavy (non-hydrogen) atoms. The lowest BCUT2D eigenvalue weighted by Gasteiger charge is -2.14. The highest BCUT2D eigenvalue weighted by Gasteiger charge is 2.24. The molecule has 0 saturated heterocycles. The quantitative estimate of drug-likeness (QED) is 0.396. The summed E-state index contributed by atoms with van der Waals surface area (Å²) in [5.41, 5.74) is 3.56. The number of fused-ring (bicyclic) bond motifs is 1. The van der Waals surface area contributed by atoms with Gasteiger partial charge in [0.15, 0.2) is 10.9 Å². The van der Waals surface area contributed by atoms with Crippen molar-refractivity contribution in [3.05, 3.63) is 96.1 Å². The van der Waals surface area contributed by atoms with Crippen LogP contribution in [-0.4, -0.2) is 15.8 Å². The molecule has 0 unspecified atom stereocenters. The van der Waals surface area contributed by atoms with E-state index in [-0.39, 0.29) is 11.0 Å². The van der Waals surface area contributed by atoms with E-state index in [1.807, 2.05) is 84.9 Å². The van der Waals surface area contributed by atoms with Gasteiger partial charge in [0.2, 0.25) is 0 Å². The van der Waals surface area contributed by atoms with Crippen molar-refractivity contribution in [1.29, 1.82) is 0 Å². The molecule has 0 aliphatic rings. The molecule has 0 aliphatic carbocycles. The Morgan fingerprint density at radius 3 is 2.20 bits per heavy atom. The van der Waals surface area contributed by atoms with Gasteiger partial charge >= 0.3 is 0 Å². The molecule has 0 radical (unpaired) electrons. The fourth-order valence-electron chi connectivity index (χ4n) is 2.75. The number of rotatable bonds is 5. The van der Waals surface area contributed by atoms with Crippen LogP contribution in [0.25, 0.3) is 11.0 Å². The third kappa shape index (κ3) is 3.35. The molecule has 1 N–H and O–H groups in total. The average molecular weight is 344 g/mol. The Hall–Kier alpha value is -2.85. The molecule has 4 aromatic rings. The van der Waals surface area contributed by atoms with E-state index >= 15 is 0 Å². The van der Waals surface area contributed by atoms with Crippen molar-refractivity contribution in [3.8, 4) is 0 Å². The van der Waals surface area contributed by atoms with E-state index in [2.05, 4.69) is 9.97 Å². The van der Waals surface area contributed by atoms with Crippen LogP contribution < -0.4 is 0 Å². The van der Waals surface area contributed by atoms with Gasteiger partial charge in [-0.3, -0.25) is 4.79 Å². The standard InChI is InChI=1S/C21H16N2OS/c24-19(15-9-3-1-4-10-15)20(16-11-5-2-6-12-16)25-21-22-17-13-7-8-14-18(17)23-21/h1-14,20H,(H,22,23)/t20-/m1/s1. The largest absolute Gasteiger partial charge is 0.333 e. The number of Topliss-reactive ketones (excluding diaryl/α,β-unsaturated/α-hetero) is 1. The molecule has 4 rings (SSSR count). The fourth-order valence-corrected chi connectivity index (χ4v) is 3.83. The molecule has 0 fully saturated rings. The summed E-state index contributed by atoms with van der Waals surface area (Å²) in [5, 5.41) is 0.406. The zero-order chi connectivity index (χ0) is 17.1. The highest BCUT2D eigenvalue weighted by atomic mass is 32.2. The van der Waals surface area contributed by atoms with Crippen LogP contribution in [0.2, 0.25) is 0 Å². The number of ketones is 1. The second kappa shape index (κ2) is 6.95. The number of hydrogen-bond donors (Lipinski definition) is 1. The number of H-pyrrole nitrogens is 1. The Morgan fingerprint density at radius 2 is 1.48 bits per heavy atom. The van der Waals surface area contributed by atoms with Crippen LogP contribution >= 0.6 is 11.8 Å². The van der Waals surface area contributed by atoms with Gasteiger partial charge in [0, 0.05) is 5.56 Å². The number of imidazole rings is 1. The predicted octanol–water partition coefficient (Wildman–Crippen LogP) is 5.28. The average Bonchev–Trinajstić information content (AvgIpc) is 3.09. The van der Waals surface area contributed by atoms with Gasteiger partial charge in [-0.05, 0) is 17.7 Å². The molecule has 4 heteroatoms. The minimum Gasteiger partial charge on any atom is -0.333 e. The van der Waals surface area contributed by atoms with Crippen molar-refractivity contribution in [2.45, 2.75) is 10.4 Å². The highest BCUT2D eigenvalue weighted by molar-refractivity contribution is 8.00. The molecule has 1 atom stereocenters. The number of hydrogen-bond acceptors (Lipinski definition) is 3. The number of nitrogens with zero attached hydrogens (tertiary/aromatic N) is 1. The van der Waals surface area contributed by atoms with Crippen LogP contribution in [0.15, 0.2) is 90.1 Å². The lowest BCUT2D eigenvalue weighted by molar-refractivity contribution is 0.0989. The summed E-state index contributed by atoms with van der Waals surface area (Å²) in [4.78, 5) is 21.0. The maximum Gasteiger partial charge on any atom is 0.180 e. The Balaban J connectivity index is 1.71. The van der Waals surface area contributed by atoms with E-state index in [0.29, 0.717) is 5.56 Å². The Bertz CT molecular complexity index is 963. The predicted molar refractivity (Wildman–Crippen MR) is 102 cm³/mol. The summed E-state index contributed by atoms with van der Waals surface area (Å²) in [7, 11) is 0. The maximum absolute atomic E-state index is 13.1. The van der Waals surface area contributed by atoms with Crippen molar-refractivity contribution < 1.29 is 4.79 Å². The van der Waals surface area contributed by atoms with Crippen molar-refractivity contribution in [1.82, 2.24) is 9.97 Å². The van der Waals surface area contributed by atoms with Crippen molar-refractivity contribution in [3.63, 3.8) is 0 Å². The molecule has 1 aromatic heterocycles. The second-order valence-corrected chi connectivity index (χ2v) is 6.79. The summed E-state index contributed by atoms with van der Waals surface area (Å²) >= 11 is 1.45.